The fraction of sp³-hybridized carbons (Fsp3) is 0.822. The molecule has 0 radical (unpaired) electrons. The van der Waals surface area contributed by atoms with Crippen molar-refractivity contribution < 1.29 is 24.2 Å². The quantitative estimate of drug-likeness (QED) is 0.0392. The molecule has 1 N–H and O–H groups in total. The lowest BCUT2D eigenvalue weighted by atomic mass is 10.0. The van der Waals surface area contributed by atoms with E-state index in [1.807, 2.05) is 0 Å². The Hall–Kier alpha value is -1.88. The van der Waals surface area contributed by atoms with Crippen molar-refractivity contribution in [3.8, 4) is 0 Å². The minimum absolute atomic E-state index is 0.0642. The average molecular weight is 703 g/mol. The molecule has 0 aromatic carbocycles. The minimum Gasteiger partial charge on any atom is -0.462 e. The molecule has 0 fully saturated rings. The zero-order valence-electron chi connectivity index (χ0n) is 33.2. The van der Waals surface area contributed by atoms with Crippen LogP contribution in [0, 0.1) is 0 Å². The van der Waals surface area contributed by atoms with E-state index >= 15 is 0 Å². The van der Waals surface area contributed by atoms with Gasteiger partial charge in [0, 0.05) is 12.8 Å². The van der Waals surface area contributed by atoms with Crippen molar-refractivity contribution in [1.29, 1.82) is 0 Å². The van der Waals surface area contributed by atoms with Crippen LogP contribution in [0.4, 0.5) is 0 Å². The van der Waals surface area contributed by atoms with Crippen molar-refractivity contribution in [2.75, 3.05) is 13.2 Å². The van der Waals surface area contributed by atoms with E-state index in [-0.39, 0.29) is 25.2 Å². The standard InChI is InChI=1S/C45H82O5/c1-3-5-7-9-10-11-12-13-14-15-16-17-18-19-20-21-22-23-24-25-26-27-28-29-30-31-32-33-34-36-38-40-45(48)50-43(41-46)42-49-44(47)39-37-35-8-6-4-2/h12-13,15-16,18-19,43,46H,3-11,14,17,20-42H2,1-2H3/b13-12-,16-15-,19-18-. The van der Waals surface area contributed by atoms with Crippen molar-refractivity contribution in [1.82, 2.24) is 0 Å². The molecule has 292 valence electrons. The van der Waals surface area contributed by atoms with Gasteiger partial charge in [0.15, 0.2) is 6.10 Å². The largest absolute Gasteiger partial charge is 0.462 e. The van der Waals surface area contributed by atoms with Gasteiger partial charge in [-0.3, -0.25) is 9.59 Å². The third-order valence-corrected chi connectivity index (χ3v) is 9.44. The number of allylic oxidation sites excluding steroid dienone is 6. The molecule has 0 aromatic heterocycles. The molecule has 50 heavy (non-hydrogen) atoms. The lowest BCUT2D eigenvalue weighted by Crippen LogP contribution is -2.28. The van der Waals surface area contributed by atoms with Gasteiger partial charge in [-0.2, -0.15) is 0 Å². The maximum Gasteiger partial charge on any atom is 0.306 e. The predicted octanol–water partition coefficient (Wildman–Crippen LogP) is 13.6. The predicted molar refractivity (Wildman–Crippen MR) is 214 cm³/mol. The van der Waals surface area contributed by atoms with Crippen LogP contribution in [0.2, 0.25) is 0 Å². The Kier molecular flexibility index (Phi) is 40.0. The Morgan fingerprint density at radius 2 is 0.800 bits per heavy atom. The van der Waals surface area contributed by atoms with Gasteiger partial charge >= 0.3 is 11.9 Å². The molecular formula is C45H82O5. The Labute approximate surface area is 310 Å². The first-order valence-corrected chi connectivity index (χ1v) is 21.5. The van der Waals surface area contributed by atoms with Gasteiger partial charge in [0.25, 0.3) is 0 Å². The van der Waals surface area contributed by atoms with Crippen LogP contribution in [-0.4, -0.2) is 36.4 Å². The summed E-state index contributed by atoms with van der Waals surface area (Å²) in [5, 5.41) is 9.48. The molecule has 0 aliphatic rings. The number of esters is 2. The highest BCUT2D eigenvalue weighted by Gasteiger charge is 2.16. The monoisotopic (exact) mass is 703 g/mol. The molecule has 5 nitrogen and oxygen atoms in total. The highest BCUT2D eigenvalue weighted by atomic mass is 16.6. The van der Waals surface area contributed by atoms with E-state index in [9.17, 15) is 14.7 Å². The highest BCUT2D eigenvalue weighted by molar-refractivity contribution is 5.70. The number of ether oxygens (including phenoxy) is 2. The first kappa shape index (κ1) is 48.1. The van der Waals surface area contributed by atoms with Crippen molar-refractivity contribution in [3.05, 3.63) is 36.5 Å². The average Bonchev–Trinajstić information content (AvgIpc) is 3.12. The summed E-state index contributed by atoms with van der Waals surface area (Å²) in [5.74, 6) is -0.600. The van der Waals surface area contributed by atoms with Crippen molar-refractivity contribution >= 4 is 11.9 Å². The molecule has 0 amide bonds. The zero-order chi connectivity index (χ0) is 36.4. The van der Waals surface area contributed by atoms with E-state index in [2.05, 4.69) is 50.3 Å². The molecule has 5 heteroatoms. The van der Waals surface area contributed by atoms with Gasteiger partial charge in [-0.05, 0) is 51.4 Å². The second-order valence-electron chi connectivity index (χ2n) is 14.4. The summed E-state index contributed by atoms with van der Waals surface area (Å²) >= 11 is 0. The molecule has 0 aliphatic heterocycles. The first-order valence-electron chi connectivity index (χ1n) is 21.5. The van der Waals surface area contributed by atoms with Crippen LogP contribution in [0.25, 0.3) is 0 Å². The molecule has 0 aromatic rings. The minimum atomic E-state index is -0.764. The first-order chi connectivity index (χ1) is 24.6. The smallest absolute Gasteiger partial charge is 0.306 e. The van der Waals surface area contributed by atoms with E-state index in [0.29, 0.717) is 12.8 Å². The molecule has 0 aliphatic carbocycles. The molecule has 0 spiro atoms. The topological polar surface area (TPSA) is 72.8 Å². The molecule has 0 rings (SSSR count). The number of aliphatic hydroxyl groups is 1. The Morgan fingerprint density at radius 3 is 1.20 bits per heavy atom. The van der Waals surface area contributed by atoms with Gasteiger partial charge in [0.2, 0.25) is 0 Å². The van der Waals surface area contributed by atoms with Crippen LogP contribution in [0.3, 0.4) is 0 Å². The van der Waals surface area contributed by atoms with Crippen LogP contribution in [-0.2, 0) is 19.1 Å². The number of unbranched alkanes of at least 4 members (excludes halogenated alkanes) is 25. The summed E-state index contributed by atoms with van der Waals surface area (Å²) in [6.45, 7) is 4.04. The van der Waals surface area contributed by atoms with E-state index in [4.69, 9.17) is 9.47 Å². The van der Waals surface area contributed by atoms with Gasteiger partial charge in [-0.25, -0.2) is 0 Å². The van der Waals surface area contributed by atoms with Crippen LogP contribution < -0.4 is 0 Å². The van der Waals surface area contributed by atoms with E-state index in [0.717, 1.165) is 51.4 Å². The van der Waals surface area contributed by atoms with Gasteiger partial charge in [-0.15, -0.1) is 0 Å². The summed E-state index contributed by atoms with van der Waals surface area (Å²) in [7, 11) is 0. The molecule has 1 atom stereocenters. The number of rotatable bonds is 39. The van der Waals surface area contributed by atoms with Crippen molar-refractivity contribution in [3.63, 3.8) is 0 Å². The lowest BCUT2D eigenvalue weighted by molar-refractivity contribution is -0.161. The normalized spacial score (nSPS) is 12.5. The lowest BCUT2D eigenvalue weighted by Gasteiger charge is -2.15. The summed E-state index contributed by atoms with van der Waals surface area (Å²) in [6.07, 6.45) is 51.3. The zero-order valence-corrected chi connectivity index (χ0v) is 33.2. The second kappa shape index (κ2) is 41.5. The fourth-order valence-electron chi connectivity index (χ4n) is 6.15. The number of carbonyl (C=O) groups is 2. The Bertz CT molecular complexity index is 801. The summed E-state index contributed by atoms with van der Waals surface area (Å²) in [6, 6.07) is 0. The summed E-state index contributed by atoms with van der Waals surface area (Å²) < 4.78 is 10.5. The van der Waals surface area contributed by atoms with Crippen LogP contribution >= 0.6 is 0 Å². The molecule has 0 saturated carbocycles. The fourth-order valence-corrected chi connectivity index (χ4v) is 6.15. The Balaban J connectivity index is 3.40. The van der Waals surface area contributed by atoms with Crippen LogP contribution in [0.1, 0.15) is 219 Å². The summed E-state index contributed by atoms with van der Waals surface area (Å²) in [4.78, 5) is 24.0. The number of carbonyl (C=O) groups excluding carboxylic acids is 2. The molecule has 0 heterocycles. The second-order valence-corrected chi connectivity index (χ2v) is 14.4. The van der Waals surface area contributed by atoms with Crippen LogP contribution in [0.5, 0.6) is 0 Å². The number of hydrogen-bond acceptors (Lipinski definition) is 5. The van der Waals surface area contributed by atoms with Crippen LogP contribution in [0.15, 0.2) is 36.5 Å². The maximum absolute atomic E-state index is 12.1. The third kappa shape index (κ3) is 38.9. The maximum atomic E-state index is 12.1. The molecule has 0 saturated heterocycles. The Morgan fingerprint density at radius 1 is 0.460 bits per heavy atom. The number of aliphatic hydroxyl groups excluding tert-OH is 1. The summed E-state index contributed by atoms with van der Waals surface area (Å²) in [5.41, 5.74) is 0. The van der Waals surface area contributed by atoms with E-state index in [1.165, 1.54) is 141 Å². The molecule has 1 unspecified atom stereocenters. The van der Waals surface area contributed by atoms with Gasteiger partial charge in [0.05, 0.1) is 6.61 Å². The van der Waals surface area contributed by atoms with Crippen molar-refractivity contribution in [2.24, 2.45) is 0 Å². The molecular weight excluding hydrogens is 620 g/mol. The highest BCUT2D eigenvalue weighted by Crippen LogP contribution is 2.15. The van der Waals surface area contributed by atoms with Gasteiger partial charge in [-0.1, -0.05) is 192 Å². The number of hydrogen-bond donors (Lipinski definition) is 1. The molecule has 0 bridgehead atoms. The van der Waals surface area contributed by atoms with Gasteiger partial charge in [0.1, 0.15) is 6.61 Å². The third-order valence-electron chi connectivity index (χ3n) is 9.44. The van der Waals surface area contributed by atoms with Crippen molar-refractivity contribution in [2.45, 2.75) is 225 Å². The van der Waals surface area contributed by atoms with E-state index < -0.39 is 6.10 Å². The van der Waals surface area contributed by atoms with Gasteiger partial charge < -0.3 is 14.6 Å². The van der Waals surface area contributed by atoms with E-state index in [1.54, 1.807) is 0 Å². The SMILES string of the molecule is CCCCCCC/C=C\C/C=C\C/C=C\CCCCCCCCCCCCCCCCCCC(=O)OC(CO)COC(=O)CCCCCCC.